The van der Waals surface area contributed by atoms with Gasteiger partial charge in [-0.25, -0.2) is 0 Å². The van der Waals surface area contributed by atoms with Crippen LogP contribution in [-0.2, 0) is 7.05 Å². The van der Waals surface area contributed by atoms with Gasteiger partial charge >= 0.3 is 0 Å². The van der Waals surface area contributed by atoms with Gasteiger partial charge in [0.05, 0.1) is 6.61 Å². The SMILES string of the molecule is CCCCOc1ccn(C)c(=O)c1. The van der Waals surface area contributed by atoms with Gasteiger partial charge in [-0.15, -0.1) is 0 Å². The molecule has 0 spiro atoms. The van der Waals surface area contributed by atoms with Gasteiger partial charge in [0.2, 0.25) is 0 Å². The fourth-order valence-corrected chi connectivity index (χ4v) is 0.954. The highest BCUT2D eigenvalue weighted by atomic mass is 16.5. The lowest BCUT2D eigenvalue weighted by Crippen LogP contribution is -2.14. The largest absolute Gasteiger partial charge is 0.493 e. The lowest BCUT2D eigenvalue weighted by Gasteiger charge is -2.04. The molecule has 0 unspecified atom stereocenters. The van der Waals surface area contributed by atoms with Crippen molar-refractivity contribution in [3.63, 3.8) is 0 Å². The van der Waals surface area contributed by atoms with Crippen LogP contribution >= 0.6 is 0 Å². The highest BCUT2D eigenvalue weighted by molar-refractivity contribution is 5.17. The molecule has 1 aromatic rings. The zero-order valence-corrected chi connectivity index (χ0v) is 8.12. The van der Waals surface area contributed by atoms with E-state index in [4.69, 9.17) is 4.74 Å². The molecule has 0 aliphatic rings. The molecule has 3 heteroatoms. The third kappa shape index (κ3) is 2.93. The number of aryl methyl sites for hydroxylation is 1. The van der Waals surface area contributed by atoms with Crippen molar-refractivity contribution >= 4 is 0 Å². The summed E-state index contributed by atoms with van der Waals surface area (Å²) in [6, 6.07) is 3.31. The van der Waals surface area contributed by atoms with Crippen molar-refractivity contribution in [2.45, 2.75) is 19.8 Å². The summed E-state index contributed by atoms with van der Waals surface area (Å²) in [5.74, 6) is 0.663. The second kappa shape index (κ2) is 4.70. The molecular weight excluding hydrogens is 166 g/mol. The molecule has 1 aromatic heterocycles. The molecule has 3 nitrogen and oxygen atoms in total. The molecule has 1 heterocycles. The Bertz CT molecular complexity index is 317. The number of aromatic nitrogens is 1. The van der Waals surface area contributed by atoms with E-state index < -0.39 is 0 Å². The van der Waals surface area contributed by atoms with E-state index >= 15 is 0 Å². The van der Waals surface area contributed by atoms with Gasteiger partial charge in [0.25, 0.3) is 5.56 Å². The molecule has 0 radical (unpaired) electrons. The topological polar surface area (TPSA) is 31.2 Å². The molecule has 72 valence electrons. The predicted molar refractivity (Wildman–Crippen MR) is 52.1 cm³/mol. The molecule has 1 rings (SSSR count). The first-order valence-electron chi connectivity index (χ1n) is 4.53. The first-order chi connectivity index (χ1) is 6.24. The smallest absolute Gasteiger partial charge is 0.253 e. The Labute approximate surface area is 78.0 Å². The Morgan fingerprint density at radius 1 is 1.54 bits per heavy atom. The predicted octanol–water partition coefficient (Wildman–Crippen LogP) is 1.56. The van der Waals surface area contributed by atoms with E-state index in [0.29, 0.717) is 12.4 Å². The van der Waals surface area contributed by atoms with Crippen molar-refractivity contribution in [1.29, 1.82) is 0 Å². The van der Waals surface area contributed by atoms with Gasteiger partial charge in [0.1, 0.15) is 5.75 Å². The van der Waals surface area contributed by atoms with Crippen LogP contribution in [0.25, 0.3) is 0 Å². The minimum Gasteiger partial charge on any atom is -0.493 e. The lowest BCUT2D eigenvalue weighted by atomic mass is 10.3. The van der Waals surface area contributed by atoms with Gasteiger partial charge in [-0.05, 0) is 12.5 Å². The van der Waals surface area contributed by atoms with Crippen LogP contribution in [0.1, 0.15) is 19.8 Å². The van der Waals surface area contributed by atoms with Crippen LogP contribution in [0, 0.1) is 0 Å². The van der Waals surface area contributed by atoms with E-state index in [9.17, 15) is 4.79 Å². The van der Waals surface area contributed by atoms with Crippen molar-refractivity contribution in [1.82, 2.24) is 4.57 Å². The summed E-state index contributed by atoms with van der Waals surface area (Å²) >= 11 is 0. The zero-order chi connectivity index (χ0) is 9.68. The summed E-state index contributed by atoms with van der Waals surface area (Å²) in [5.41, 5.74) is -0.0333. The summed E-state index contributed by atoms with van der Waals surface area (Å²) in [5, 5.41) is 0. The van der Waals surface area contributed by atoms with Crippen LogP contribution in [0.15, 0.2) is 23.1 Å². The van der Waals surface area contributed by atoms with Crippen molar-refractivity contribution in [3.05, 3.63) is 28.7 Å². The molecular formula is C10H15NO2. The van der Waals surface area contributed by atoms with Crippen molar-refractivity contribution < 1.29 is 4.74 Å². The van der Waals surface area contributed by atoms with E-state index in [-0.39, 0.29) is 5.56 Å². The molecule has 0 aromatic carbocycles. The highest BCUT2D eigenvalue weighted by Crippen LogP contribution is 2.05. The molecule has 0 bridgehead atoms. The Balaban J connectivity index is 2.58. The van der Waals surface area contributed by atoms with Crippen molar-refractivity contribution in [2.75, 3.05) is 6.61 Å². The fourth-order valence-electron chi connectivity index (χ4n) is 0.954. The first-order valence-corrected chi connectivity index (χ1v) is 4.53. The van der Waals surface area contributed by atoms with E-state index in [1.54, 1.807) is 19.3 Å². The maximum atomic E-state index is 11.2. The maximum Gasteiger partial charge on any atom is 0.253 e. The van der Waals surface area contributed by atoms with Gasteiger partial charge in [-0.2, -0.15) is 0 Å². The van der Waals surface area contributed by atoms with E-state index in [1.165, 1.54) is 10.6 Å². The van der Waals surface area contributed by atoms with Crippen LogP contribution in [0.4, 0.5) is 0 Å². The summed E-state index contributed by atoms with van der Waals surface area (Å²) in [7, 11) is 1.72. The molecule has 0 fully saturated rings. The molecule has 0 saturated carbocycles. The van der Waals surface area contributed by atoms with E-state index in [0.717, 1.165) is 12.8 Å². The zero-order valence-electron chi connectivity index (χ0n) is 8.12. The first kappa shape index (κ1) is 9.84. The van der Waals surface area contributed by atoms with Crippen LogP contribution in [-0.4, -0.2) is 11.2 Å². The summed E-state index contributed by atoms with van der Waals surface area (Å²) in [4.78, 5) is 11.2. The Morgan fingerprint density at radius 2 is 2.31 bits per heavy atom. The van der Waals surface area contributed by atoms with Crippen LogP contribution in [0.3, 0.4) is 0 Å². The molecule has 0 aliphatic carbocycles. The number of unbranched alkanes of at least 4 members (excludes halogenated alkanes) is 1. The standard InChI is InChI=1S/C10H15NO2/c1-3-4-7-13-9-5-6-11(2)10(12)8-9/h5-6,8H,3-4,7H2,1-2H3. The van der Waals surface area contributed by atoms with Crippen LogP contribution in [0.5, 0.6) is 5.75 Å². The molecule has 0 aliphatic heterocycles. The van der Waals surface area contributed by atoms with Crippen LogP contribution < -0.4 is 10.3 Å². The quantitative estimate of drug-likeness (QED) is 0.660. The monoisotopic (exact) mass is 181 g/mol. The average molecular weight is 181 g/mol. The summed E-state index contributed by atoms with van der Waals surface area (Å²) in [6.45, 7) is 2.79. The average Bonchev–Trinajstić information content (AvgIpc) is 2.12. The van der Waals surface area contributed by atoms with Gasteiger partial charge in [-0.1, -0.05) is 13.3 Å². The molecule has 0 atom stereocenters. The minimum atomic E-state index is -0.0333. The van der Waals surface area contributed by atoms with Gasteiger partial charge in [-0.3, -0.25) is 4.79 Å². The number of pyridine rings is 1. The maximum absolute atomic E-state index is 11.2. The van der Waals surface area contributed by atoms with Crippen LogP contribution in [0.2, 0.25) is 0 Å². The Kier molecular flexibility index (Phi) is 3.55. The molecule has 0 amide bonds. The van der Waals surface area contributed by atoms with E-state index in [2.05, 4.69) is 6.92 Å². The third-order valence-corrected chi connectivity index (χ3v) is 1.84. The van der Waals surface area contributed by atoms with E-state index in [1.807, 2.05) is 0 Å². The molecule has 0 saturated heterocycles. The normalized spacial score (nSPS) is 10.0. The molecule has 13 heavy (non-hydrogen) atoms. The Hall–Kier alpha value is -1.25. The second-order valence-electron chi connectivity index (χ2n) is 3.01. The molecule has 0 N–H and O–H groups in total. The van der Waals surface area contributed by atoms with Gasteiger partial charge < -0.3 is 9.30 Å². The fraction of sp³-hybridized carbons (Fsp3) is 0.500. The van der Waals surface area contributed by atoms with Gasteiger partial charge in [0, 0.05) is 19.3 Å². The number of nitrogens with zero attached hydrogens (tertiary/aromatic N) is 1. The highest BCUT2D eigenvalue weighted by Gasteiger charge is 1.95. The second-order valence-corrected chi connectivity index (χ2v) is 3.01. The van der Waals surface area contributed by atoms with Crippen molar-refractivity contribution in [2.24, 2.45) is 7.05 Å². The Morgan fingerprint density at radius 3 is 2.92 bits per heavy atom. The van der Waals surface area contributed by atoms with Crippen molar-refractivity contribution in [3.8, 4) is 5.75 Å². The third-order valence-electron chi connectivity index (χ3n) is 1.84. The number of hydrogen-bond donors (Lipinski definition) is 0. The lowest BCUT2D eigenvalue weighted by molar-refractivity contribution is 0.308. The number of ether oxygens (including phenoxy) is 1. The number of hydrogen-bond acceptors (Lipinski definition) is 2. The van der Waals surface area contributed by atoms with Gasteiger partial charge in [0.15, 0.2) is 0 Å². The minimum absolute atomic E-state index is 0.0333. The number of rotatable bonds is 4. The summed E-state index contributed by atoms with van der Waals surface area (Å²) < 4.78 is 6.89. The summed E-state index contributed by atoms with van der Waals surface area (Å²) in [6.07, 6.45) is 3.84.